The van der Waals surface area contributed by atoms with E-state index in [1.165, 1.54) is 18.3 Å². The zero-order valence-corrected chi connectivity index (χ0v) is 18.9. The second kappa shape index (κ2) is 9.78. The number of aromatic hydroxyl groups is 1. The zero-order chi connectivity index (χ0) is 22.5. The molecule has 0 saturated heterocycles. The quantitative estimate of drug-likeness (QED) is 0.189. The summed E-state index contributed by atoms with van der Waals surface area (Å²) in [6.45, 7) is 0.328. The van der Waals surface area contributed by atoms with Crippen molar-refractivity contribution < 1.29 is 19.0 Å². The van der Waals surface area contributed by atoms with E-state index in [0.717, 1.165) is 25.5 Å². The van der Waals surface area contributed by atoms with Crippen molar-refractivity contribution in [1.82, 2.24) is 5.43 Å². The highest BCUT2D eigenvalue weighted by atomic mass is 127. The summed E-state index contributed by atoms with van der Waals surface area (Å²) in [5, 5.41) is 15.9. The average molecular weight is 540 g/mol. The summed E-state index contributed by atoms with van der Waals surface area (Å²) in [7, 11) is 0. The van der Waals surface area contributed by atoms with Crippen LogP contribution in [0.5, 0.6) is 11.5 Å². The molecule has 0 aliphatic rings. The first-order valence-electron chi connectivity index (χ1n) is 9.71. The molecule has 0 aromatic heterocycles. The van der Waals surface area contributed by atoms with Gasteiger partial charge in [0, 0.05) is 0 Å². The van der Waals surface area contributed by atoms with Gasteiger partial charge < -0.3 is 9.84 Å². The molecule has 0 atom stereocenters. The molecule has 0 aliphatic heterocycles. The lowest BCUT2D eigenvalue weighted by Gasteiger charge is -2.09. The van der Waals surface area contributed by atoms with Gasteiger partial charge in [-0.25, -0.2) is 9.82 Å². The summed E-state index contributed by atoms with van der Waals surface area (Å²) >= 11 is 2.15. The van der Waals surface area contributed by atoms with E-state index < -0.39 is 5.91 Å². The first-order valence-corrected chi connectivity index (χ1v) is 10.8. The van der Waals surface area contributed by atoms with Gasteiger partial charge in [-0.1, -0.05) is 36.4 Å². The Morgan fingerprint density at radius 2 is 1.75 bits per heavy atom. The fraction of sp³-hybridized carbons (Fsp3) is 0.0400. The minimum atomic E-state index is -0.501. The van der Waals surface area contributed by atoms with Crippen molar-refractivity contribution in [1.29, 1.82) is 0 Å². The maximum absolute atomic E-state index is 13.0. The molecule has 0 saturated carbocycles. The number of phenols is 1. The number of benzene rings is 4. The molecule has 0 bridgehead atoms. The van der Waals surface area contributed by atoms with Gasteiger partial charge in [-0.05, 0) is 87.0 Å². The fourth-order valence-corrected chi connectivity index (χ4v) is 3.79. The molecule has 0 aliphatic carbocycles. The summed E-state index contributed by atoms with van der Waals surface area (Å²) < 4.78 is 19.7. The van der Waals surface area contributed by atoms with Crippen molar-refractivity contribution in [2.75, 3.05) is 0 Å². The molecule has 0 heterocycles. The van der Waals surface area contributed by atoms with Crippen LogP contribution in [-0.4, -0.2) is 17.2 Å². The highest BCUT2D eigenvalue weighted by Gasteiger charge is 2.11. The lowest BCUT2D eigenvalue weighted by atomic mass is 10.1. The van der Waals surface area contributed by atoms with Gasteiger partial charge in [0.15, 0.2) is 0 Å². The van der Waals surface area contributed by atoms with E-state index in [-0.39, 0.29) is 17.1 Å². The Labute approximate surface area is 197 Å². The smallest absolute Gasteiger partial charge is 0.275 e. The Morgan fingerprint density at radius 3 is 2.47 bits per heavy atom. The van der Waals surface area contributed by atoms with Crippen molar-refractivity contribution >= 4 is 45.5 Å². The van der Waals surface area contributed by atoms with Crippen LogP contribution in [0.1, 0.15) is 21.5 Å². The summed E-state index contributed by atoms with van der Waals surface area (Å²) in [4.78, 5) is 12.4. The molecule has 160 valence electrons. The van der Waals surface area contributed by atoms with E-state index in [2.05, 4.69) is 33.1 Å². The maximum atomic E-state index is 13.0. The molecule has 32 heavy (non-hydrogen) atoms. The number of amides is 1. The summed E-state index contributed by atoms with van der Waals surface area (Å²) in [6.07, 6.45) is 1.52. The van der Waals surface area contributed by atoms with Crippen LogP contribution in [0.15, 0.2) is 84.0 Å². The molecule has 2 N–H and O–H groups in total. The van der Waals surface area contributed by atoms with E-state index in [1.54, 1.807) is 24.3 Å². The van der Waals surface area contributed by atoms with Crippen LogP contribution in [0.2, 0.25) is 0 Å². The molecule has 0 fully saturated rings. The largest absolute Gasteiger partial charge is 0.507 e. The van der Waals surface area contributed by atoms with E-state index in [1.807, 2.05) is 42.5 Å². The van der Waals surface area contributed by atoms with Gasteiger partial charge in [0.1, 0.15) is 23.9 Å². The summed E-state index contributed by atoms with van der Waals surface area (Å²) in [6, 6.07) is 22.3. The fourth-order valence-electron chi connectivity index (χ4n) is 3.09. The molecular weight excluding hydrogens is 522 g/mol. The molecule has 1 amide bonds. The standard InChI is InChI=1S/C25H18FIN2O3/c26-20-8-5-16(6-9-20)15-32-24-10-7-17(11-22(24)27)14-28-29-25(31)21-12-18-3-1-2-4-19(18)13-23(21)30/h1-14,30H,15H2,(H,29,31). The molecule has 5 nitrogen and oxygen atoms in total. The third-order valence-corrected chi connectivity index (χ3v) is 5.59. The van der Waals surface area contributed by atoms with Gasteiger partial charge in [-0.2, -0.15) is 5.10 Å². The number of ether oxygens (including phenoxy) is 1. The Balaban J connectivity index is 1.39. The second-order valence-corrected chi connectivity index (χ2v) is 8.18. The SMILES string of the molecule is O=C(NN=Cc1ccc(OCc2ccc(F)cc2)c(I)c1)c1cc2ccccc2cc1O. The minimum Gasteiger partial charge on any atom is -0.507 e. The molecular formula is C25H18FIN2O3. The Morgan fingerprint density at radius 1 is 1.03 bits per heavy atom. The normalized spacial score (nSPS) is 11.1. The van der Waals surface area contributed by atoms with Gasteiger partial charge >= 0.3 is 0 Å². The predicted octanol–water partition coefficient (Wildman–Crippen LogP) is 5.63. The molecule has 0 radical (unpaired) electrons. The molecule has 7 heteroatoms. The molecule has 4 aromatic rings. The highest BCUT2D eigenvalue weighted by Crippen LogP contribution is 2.25. The second-order valence-electron chi connectivity index (χ2n) is 7.02. The van der Waals surface area contributed by atoms with Gasteiger partial charge in [-0.15, -0.1) is 0 Å². The Kier molecular flexibility index (Phi) is 6.65. The van der Waals surface area contributed by atoms with Crippen molar-refractivity contribution in [3.8, 4) is 11.5 Å². The topological polar surface area (TPSA) is 70.9 Å². The molecule has 0 unspecified atom stereocenters. The first kappa shape index (κ1) is 21.8. The molecule has 4 aromatic carbocycles. The minimum absolute atomic E-state index is 0.103. The number of nitrogens with zero attached hydrogens (tertiary/aromatic N) is 1. The zero-order valence-electron chi connectivity index (χ0n) is 16.8. The van der Waals surface area contributed by atoms with Crippen LogP contribution in [0.4, 0.5) is 4.39 Å². The number of hydrogen-bond acceptors (Lipinski definition) is 4. The molecule has 0 spiro atoms. The predicted molar refractivity (Wildman–Crippen MR) is 131 cm³/mol. The summed E-state index contributed by atoms with van der Waals surface area (Å²) in [5.41, 5.74) is 4.24. The van der Waals surface area contributed by atoms with Gasteiger partial charge in [0.25, 0.3) is 5.91 Å². The van der Waals surface area contributed by atoms with Crippen LogP contribution < -0.4 is 10.2 Å². The third kappa shape index (κ3) is 5.23. The van der Waals surface area contributed by atoms with Crippen molar-refractivity contribution in [2.24, 2.45) is 5.10 Å². The van der Waals surface area contributed by atoms with E-state index in [4.69, 9.17) is 4.74 Å². The van der Waals surface area contributed by atoms with Gasteiger partial charge in [0.2, 0.25) is 0 Å². The highest BCUT2D eigenvalue weighted by molar-refractivity contribution is 14.1. The lowest BCUT2D eigenvalue weighted by Crippen LogP contribution is -2.17. The van der Waals surface area contributed by atoms with Crippen LogP contribution in [0.3, 0.4) is 0 Å². The van der Waals surface area contributed by atoms with E-state index >= 15 is 0 Å². The number of hydrazone groups is 1. The van der Waals surface area contributed by atoms with Crippen molar-refractivity contribution in [2.45, 2.75) is 6.61 Å². The number of phenolic OH excluding ortho intramolecular Hbond substituents is 1. The molecule has 4 rings (SSSR count). The lowest BCUT2D eigenvalue weighted by molar-refractivity contribution is 0.0952. The monoisotopic (exact) mass is 540 g/mol. The third-order valence-electron chi connectivity index (χ3n) is 4.75. The van der Waals surface area contributed by atoms with Crippen molar-refractivity contribution in [3.05, 3.63) is 105 Å². The number of carbonyl (C=O) groups excluding carboxylic acids is 1. The van der Waals surface area contributed by atoms with Crippen LogP contribution in [0.25, 0.3) is 10.8 Å². The number of carbonyl (C=O) groups is 1. The summed E-state index contributed by atoms with van der Waals surface area (Å²) in [5.74, 6) is -0.195. The van der Waals surface area contributed by atoms with E-state index in [0.29, 0.717) is 12.4 Å². The van der Waals surface area contributed by atoms with Crippen molar-refractivity contribution in [3.63, 3.8) is 0 Å². The van der Waals surface area contributed by atoms with E-state index in [9.17, 15) is 14.3 Å². The van der Waals surface area contributed by atoms with Crippen LogP contribution in [-0.2, 0) is 6.61 Å². The average Bonchev–Trinajstić information content (AvgIpc) is 2.79. The number of halogens is 2. The number of fused-ring (bicyclic) bond motifs is 1. The number of nitrogens with one attached hydrogen (secondary N) is 1. The van der Waals surface area contributed by atoms with Crippen LogP contribution in [0, 0.1) is 9.39 Å². The number of rotatable bonds is 6. The van der Waals surface area contributed by atoms with Gasteiger partial charge in [-0.3, -0.25) is 4.79 Å². The maximum Gasteiger partial charge on any atom is 0.275 e. The Bertz CT molecular complexity index is 1310. The number of hydrogen-bond donors (Lipinski definition) is 2. The van der Waals surface area contributed by atoms with Crippen LogP contribution >= 0.6 is 22.6 Å². The first-order chi connectivity index (χ1) is 15.5. The van der Waals surface area contributed by atoms with Gasteiger partial charge in [0.05, 0.1) is 15.3 Å². The Hall–Kier alpha value is -3.46.